The van der Waals surface area contributed by atoms with E-state index >= 15 is 0 Å². The molecule has 26 heavy (non-hydrogen) atoms. The molecule has 1 rings (SSSR count). The summed E-state index contributed by atoms with van der Waals surface area (Å²) in [6.45, 7) is 8.31. The van der Waals surface area contributed by atoms with Crippen molar-refractivity contribution in [2.75, 3.05) is 0 Å². The van der Waals surface area contributed by atoms with Crippen molar-refractivity contribution in [3.63, 3.8) is 0 Å². The van der Waals surface area contributed by atoms with Crippen molar-refractivity contribution in [1.82, 2.24) is 0 Å². The molecule has 0 amide bonds. The third-order valence-electron chi connectivity index (χ3n) is 6.56. The van der Waals surface area contributed by atoms with Crippen LogP contribution in [0.3, 0.4) is 0 Å². The van der Waals surface area contributed by atoms with Gasteiger partial charge in [-0.25, -0.2) is 0 Å². The van der Waals surface area contributed by atoms with Crippen molar-refractivity contribution in [3.8, 4) is 0 Å². The molecule has 0 aromatic heterocycles. The van der Waals surface area contributed by atoms with Gasteiger partial charge in [0.2, 0.25) is 0 Å². The molecule has 0 aromatic carbocycles. The van der Waals surface area contributed by atoms with Crippen LogP contribution in [0, 0.1) is 22.7 Å². The Morgan fingerprint density at radius 2 is 1.50 bits per heavy atom. The van der Waals surface area contributed by atoms with Crippen LogP contribution >= 0.6 is 0 Å². The molecule has 0 aromatic rings. The van der Waals surface area contributed by atoms with Gasteiger partial charge in [0.15, 0.2) is 0 Å². The van der Waals surface area contributed by atoms with Crippen molar-refractivity contribution in [2.24, 2.45) is 22.7 Å². The van der Waals surface area contributed by atoms with Gasteiger partial charge in [0, 0.05) is 0 Å². The number of carboxylic acids is 2. The Bertz CT molecular complexity index is 496. The molecule has 0 bridgehead atoms. The number of allylic oxidation sites excluding steroid dienone is 2. The van der Waals surface area contributed by atoms with E-state index in [4.69, 9.17) is 0 Å². The molecular formula is C22H38O4. The molecule has 4 heteroatoms. The molecule has 150 valence electrons. The van der Waals surface area contributed by atoms with E-state index in [-0.39, 0.29) is 5.92 Å². The number of aliphatic carboxylic acids is 2. The first-order chi connectivity index (χ1) is 12.2. The average molecular weight is 367 g/mol. The maximum absolute atomic E-state index is 12.4. The van der Waals surface area contributed by atoms with Crippen LogP contribution in [-0.2, 0) is 9.59 Å². The molecule has 0 radical (unpaired) electrons. The van der Waals surface area contributed by atoms with Gasteiger partial charge in [0.1, 0.15) is 0 Å². The average Bonchev–Trinajstić information content (AvgIpc) is 2.59. The monoisotopic (exact) mass is 366 g/mol. The van der Waals surface area contributed by atoms with Gasteiger partial charge in [-0.1, -0.05) is 84.8 Å². The van der Waals surface area contributed by atoms with Crippen LogP contribution < -0.4 is 0 Å². The highest BCUT2D eigenvalue weighted by atomic mass is 16.4. The van der Waals surface area contributed by atoms with E-state index in [1.54, 1.807) is 0 Å². The van der Waals surface area contributed by atoms with Crippen LogP contribution in [0.5, 0.6) is 0 Å². The molecule has 0 fully saturated rings. The topological polar surface area (TPSA) is 74.6 Å². The third kappa shape index (κ3) is 4.69. The molecule has 0 saturated heterocycles. The van der Waals surface area contributed by atoms with Gasteiger partial charge in [0.05, 0.1) is 10.8 Å². The second-order valence-corrected chi connectivity index (χ2v) is 8.55. The fourth-order valence-corrected chi connectivity index (χ4v) is 4.68. The van der Waals surface area contributed by atoms with E-state index in [0.29, 0.717) is 25.7 Å². The number of carbonyl (C=O) groups is 2. The zero-order valence-electron chi connectivity index (χ0n) is 17.1. The first-order valence-corrected chi connectivity index (χ1v) is 10.4. The highest BCUT2D eigenvalue weighted by Crippen LogP contribution is 2.57. The molecule has 4 nitrogen and oxygen atoms in total. The fourth-order valence-electron chi connectivity index (χ4n) is 4.68. The minimum atomic E-state index is -1.21. The Balaban J connectivity index is 2.86. The predicted octanol–water partition coefficient (Wildman–Crippen LogP) is 5.91. The van der Waals surface area contributed by atoms with E-state index in [0.717, 1.165) is 25.2 Å². The molecule has 1 aliphatic carbocycles. The minimum Gasteiger partial charge on any atom is -0.481 e. The van der Waals surface area contributed by atoms with Gasteiger partial charge >= 0.3 is 11.9 Å². The maximum Gasteiger partial charge on any atom is 0.311 e. The van der Waals surface area contributed by atoms with Gasteiger partial charge in [0.25, 0.3) is 0 Å². The van der Waals surface area contributed by atoms with Crippen LogP contribution in [0.2, 0.25) is 0 Å². The van der Waals surface area contributed by atoms with Crippen molar-refractivity contribution in [2.45, 2.75) is 91.9 Å². The van der Waals surface area contributed by atoms with E-state index in [1.807, 2.05) is 26.0 Å². The number of rotatable bonds is 12. The normalized spacial score (nSPS) is 26.8. The largest absolute Gasteiger partial charge is 0.481 e. The minimum absolute atomic E-state index is 0.174. The molecule has 0 aliphatic heterocycles. The summed E-state index contributed by atoms with van der Waals surface area (Å²) in [5.74, 6) is -1.34. The number of hydrogen-bond acceptors (Lipinski definition) is 2. The van der Waals surface area contributed by atoms with Gasteiger partial charge in [-0.05, 0) is 31.1 Å². The molecule has 2 N–H and O–H groups in total. The third-order valence-corrected chi connectivity index (χ3v) is 6.56. The van der Waals surface area contributed by atoms with E-state index in [9.17, 15) is 19.8 Å². The van der Waals surface area contributed by atoms with E-state index < -0.39 is 22.8 Å². The lowest BCUT2D eigenvalue weighted by Crippen LogP contribution is -2.56. The molecule has 0 spiro atoms. The predicted molar refractivity (Wildman–Crippen MR) is 105 cm³/mol. The summed E-state index contributed by atoms with van der Waals surface area (Å²) in [6, 6.07) is 0. The lowest BCUT2D eigenvalue weighted by atomic mass is 9.50. The summed E-state index contributed by atoms with van der Waals surface area (Å²) in [4.78, 5) is 24.7. The molecule has 3 unspecified atom stereocenters. The first kappa shape index (κ1) is 22.7. The second-order valence-electron chi connectivity index (χ2n) is 8.55. The van der Waals surface area contributed by atoms with Crippen LogP contribution in [0.25, 0.3) is 0 Å². The van der Waals surface area contributed by atoms with Gasteiger partial charge in [-0.2, -0.15) is 0 Å². The summed E-state index contributed by atoms with van der Waals surface area (Å²) < 4.78 is 0. The summed E-state index contributed by atoms with van der Waals surface area (Å²) in [5.41, 5.74) is -2.40. The summed E-state index contributed by atoms with van der Waals surface area (Å²) in [6.07, 6.45) is 12.0. The molecule has 0 heterocycles. The van der Waals surface area contributed by atoms with Crippen molar-refractivity contribution in [1.29, 1.82) is 0 Å². The van der Waals surface area contributed by atoms with E-state index in [2.05, 4.69) is 13.8 Å². The SMILES string of the molecule is CCC(C)C1(C(=O)O)CC=CCC1(CCCCCCCC(C)C)C(=O)O. The quantitative estimate of drug-likeness (QED) is 0.332. The highest BCUT2D eigenvalue weighted by Gasteiger charge is 2.62. The molecule has 0 saturated carbocycles. The Hall–Kier alpha value is -1.32. The highest BCUT2D eigenvalue weighted by molar-refractivity contribution is 5.87. The second kappa shape index (κ2) is 10.1. The molecule has 1 aliphatic rings. The van der Waals surface area contributed by atoms with Crippen molar-refractivity contribution >= 4 is 11.9 Å². The Kier molecular flexibility index (Phi) is 8.85. The lowest BCUT2D eigenvalue weighted by molar-refractivity contribution is -0.182. The standard InChI is InChI=1S/C22H38O4/c1-5-18(4)22(20(25)26)16-12-11-15-21(22,19(23)24)14-10-8-6-7-9-13-17(2)3/h11-12,17-18H,5-10,13-16H2,1-4H3,(H,23,24)(H,25,26). The Labute approximate surface area is 159 Å². The molecule has 3 atom stereocenters. The Morgan fingerprint density at radius 1 is 0.923 bits per heavy atom. The van der Waals surface area contributed by atoms with Gasteiger partial charge in [-0.3, -0.25) is 9.59 Å². The van der Waals surface area contributed by atoms with Crippen LogP contribution in [0.15, 0.2) is 12.2 Å². The summed E-state index contributed by atoms with van der Waals surface area (Å²) >= 11 is 0. The van der Waals surface area contributed by atoms with Gasteiger partial charge < -0.3 is 10.2 Å². The van der Waals surface area contributed by atoms with Crippen LogP contribution in [0.1, 0.15) is 91.9 Å². The zero-order valence-corrected chi connectivity index (χ0v) is 17.1. The van der Waals surface area contributed by atoms with Crippen molar-refractivity contribution < 1.29 is 19.8 Å². The molecular weight excluding hydrogens is 328 g/mol. The zero-order chi connectivity index (χ0) is 19.8. The summed E-state index contributed by atoms with van der Waals surface area (Å²) in [7, 11) is 0. The van der Waals surface area contributed by atoms with Crippen LogP contribution in [-0.4, -0.2) is 22.2 Å². The fraction of sp³-hybridized carbons (Fsp3) is 0.818. The number of carboxylic acid groups (broad SMARTS) is 2. The lowest BCUT2D eigenvalue weighted by Gasteiger charge is -2.50. The van der Waals surface area contributed by atoms with E-state index in [1.165, 1.54) is 19.3 Å². The summed E-state index contributed by atoms with van der Waals surface area (Å²) in [5, 5.41) is 20.2. The number of hydrogen-bond donors (Lipinski definition) is 2. The smallest absolute Gasteiger partial charge is 0.311 e. The maximum atomic E-state index is 12.4. The number of unbranched alkanes of at least 4 members (excludes halogenated alkanes) is 4. The van der Waals surface area contributed by atoms with Crippen molar-refractivity contribution in [3.05, 3.63) is 12.2 Å². The first-order valence-electron chi connectivity index (χ1n) is 10.4. The van der Waals surface area contributed by atoms with Gasteiger partial charge in [-0.15, -0.1) is 0 Å². The Morgan fingerprint density at radius 3 is 2.04 bits per heavy atom. The van der Waals surface area contributed by atoms with Crippen LogP contribution in [0.4, 0.5) is 0 Å².